The predicted octanol–water partition coefficient (Wildman–Crippen LogP) is 4.04. The Labute approximate surface area is 187 Å². The normalized spacial score (nSPS) is 27.0. The maximum atomic E-state index is 12.0. The van der Waals surface area contributed by atoms with Crippen LogP contribution >= 0.6 is 0 Å². The van der Waals surface area contributed by atoms with E-state index in [9.17, 15) is 9.90 Å². The third kappa shape index (κ3) is 4.79. The van der Waals surface area contributed by atoms with Crippen molar-refractivity contribution in [3.63, 3.8) is 0 Å². The Balaban J connectivity index is 2.19. The lowest BCUT2D eigenvalue weighted by Crippen LogP contribution is -2.70. The van der Waals surface area contributed by atoms with Gasteiger partial charge in [0, 0.05) is 6.92 Å². The lowest BCUT2D eigenvalue weighted by Gasteiger charge is -2.50. The minimum Gasteiger partial charge on any atom is -0.457 e. The summed E-state index contributed by atoms with van der Waals surface area (Å²) in [4.78, 5) is 12.0. The molecule has 1 fully saturated rings. The van der Waals surface area contributed by atoms with Crippen LogP contribution in [0.1, 0.15) is 54.4 Å². The standard InChI is InChI=1S/C26H36O4Si/c1-19-17-23(24(29-20(2)27)26(6,28)18-19)30-31(25(3,4)5,21-13-9-7-10-14-21)22-15-11-8-12-16-22/h7-16,19,23-24,28H,17-18H2,1-6H3/t19-,23+,24-,26+/m1/s1. The summed E-state index contributed by atoms with van der Waals surface area (Å²) in [6.07, 6.45) is 0.209. The van der Waals surface area contributed by atoms with Crippen molar-refractivity contribution in [1.29, 1.82) is 0 Å². The second kappa shape index (κ2) is 8.89. The SMILES string of the molecule is CC(=O)O[C@@H]1[C@@H](O[Si](c2ccccc2)(c2ccccc2)C(C)(C)C)C[C@@H](C)C[C@]1(C)O. The number of ether oxygens (including phenoxy) is 1. The topological polar surface area (TPSA) is 55.8 Å². The molecule has 5 heteroatoms. The van der Waals surface area contributed by atoms with Crippen LogP contribution in [0.5, 0.6) is 0 Å². The molecular formula is C26H36O4Si. The van der Waals surface area contributed by atoms with Gasteiger partial charge in [-0.15, -0.1) is 0 Å². The number of hydrogen-bond donors (Lipinski definition) is 1. The van der Waals surface area contributed by atoms with E-state index in [0.29, 0.717) is 6.42 Å². The maximum absolute atomic E-state index is 12.0. The van der Waals surface area contributed by atoms with Crippen molar-refractivity contribution in [3.8, 4) is 0 Å². The van der Waals surface area contributed by atoms with Crippen molar-refractivity contribution in [2.75, 3.05) is 0 Å². The highest BCUT2D eigenvalue weighted by molar-refractivity contribution is 6.99. The molecule has 0 saturated heterocycles. The molecule has 1 saturated carbocycles. The maximum Gasteiger partial charge on any atom is 0.303 e. The molecule has 0 heterocycles. The Hall–Kier alpha value is -1.95. The van der Waals surface area contributed by atoms with E-state index in [1.165, 1.54) is 17.3 Å². The van der Waals surface area contributed by atoms with Crippen molar-refractivity contribution in [1.82, 2.24) is 0 Å². The highest BCUT2D eigenvalue weighted by Crippen LogP contribution is 2.42. The molecule has 0 bridgehead atoms. The van der Waals surface area contributed by atoms with E-state index >= 15 is 0 Å². The third-order valence-electron chi connectivity index (χ3n) is 6.38. The molecule has 2 aromatic rings. The largest absolute Gasteiger partial charge is 0.457 e. The van der Waals surface area contributed by atoms with E-state index in [-0.39, 0.29) is 11.0 Å². The van der Waals surface area contributed by atoms with Gasteiger partial charge in [-0.25, -0.2) is 0 Å². The first kappa shape index (κ1) is 23.7. The first-order valence-corrected chi connectivity index (χ1v) is 13.1. The van der Waals surface area contributed by atoms with Crippen LogP contribution in [-0.4, -0.2) is 37.2 Å². The van der Waals surface area contributed by atoms with Gasteiger partial charge in [-0.1, -0.05) is 88.4 Å². The summed E-state index contributed by atoms with van der Waals surface area (Å²) in [5.74, 6) is -0.138. The number of esters is 1. The molecular weight excluding hydrogens is 404 g/mol. The summed E-state index contributed by atoms with van der Waals surface area (Å²) in [5, 5.41) is 13.4. The summed E-state index contributed by atoms with van der Waals surface area (Å²) in [6.45, 7) is 12.0. The van der Waals surface area contributed by atoms with Gasteiger partial charge in [0.15, 0.2) is 6.10 Å². The summed E-state index contributed by atoms with van der Waals surface area (Å²) in [5.41, 5.74) is -1.14. The zero-order chi connectivity index (χ0) is 22.9. The van der Waals surface area contributed by atoms with Crippen molar-refractivity contribution in [2.45, 2.75) is 77.2 Å². The number of aliphatic hydroxyl groups is 1. The highest BCUT2D eigenvalue weighted by atomic mass is 28.4. The molecule has 168 valence electrons. The van der Waals surface area contributed by atoms with Crippen molar-refractivity contribution < 1.29 is 19.1 Å². The Kier molecular flexibility index (Phi) is 6.80. The second-order valence-corrected chi connectivity index (χ2v) is 14.5. The van der Waals surface area contributed by atoms with Gasteiger partial charge in [-0.05, 0) is 41.1 Å². The van der Waals surface area contributed by atoms with Crippen molar-refractivity contribution in [3.05, 3.63) is 60.7 Å². The van der Waals surface area contributed by atoms with Crippen LogP contribution in [0.15, 0.2) is 60.7 Å². The fraction of sp³-hybridized carbons (Fsp3) is 0.500. The summed E-state index contributed by atoms with van der Waals surface area (Å²) in [6, 6.07) is 20.8. The van der Waals surface area contributed by atoms with E-state index < -0.39 is 32.1 Å². The Morgan fingerprint density at radius 1 is 1.03 bits per heavy atom. The molecule has 1 aliphatic carbocycles. The van der Waals surface area contributed by atoms with E-state index in [1.807, 2.05) is 12.1 Å². The van der Waals surface area contributed by atoms with Gasteiger partial charge in [0.2, 0.25) is 0 Å². The molecule has 0 aliphatic heterocycles. The average molecular weight is 441 g/mol. The monoisotopic (exact) mass is 440 g/mol. The van der Waals surface area contributed by atoms with Crippen LogP contribution in [0, 0.1) is 5.92 Å². The van der Waals surface area contributed by atoms with Crippen LogP contribution in [0.3, 0.4) is 0 Å². The zero-order valence-electron chi connectivity index (χ0n) is 19.6. The minimum absolute atomic E-state index is 0.191. The first-order chi connectivity index (χ1) is 14.5. The van der Waals surface area contributed by atoms with Crippen LogP contribution in [0.25, 0.3) is 0 Å². The summed E-state index contributed by atoms with van der Waals surface area (Å²) >= 11 is 0. The molecule has 4 nitrogen and oxygen atoms in total. The lowest BCUT2D eigenvalue weighted by molar-refractivity contribution is -0.188. The van der Waals surface area contributed by atoms with E-state index in [2.05, 4.69) is 76.2 Å². The Morgan fingerprint density at radius 3 is 1.94 bits per heavy atom. The number of carbonyl (C=O) groups is 1. The van der Waals surface area contributed by atoms with E-state index in [1.54, 1.807) is 6.92 Å². The van der Waals surface area contributed by atoms with Crippen LogP contribution < -0.4 is 10.4 Å². The Morgan fingerprint density at radius 2 is 1.52 bits per heavy atom. The molecule has 1 aliphatic rings. The number of hydrogen-bond acceptors (Lipinski definition) is 4. The van der Waals surface area contributed by atoms with Crippen LogP contribution in [-0.2, 0) is 14.0 Å². The smallest absolute Gasteiger partial charge is 0.303 e. The number of benzene rings is 2. The first-order valence-electron chi connectivity index (χ1n) is 11.2. The number of rotatable bonds is 5. The molecule has 0 unspecified atom stereocenters. The predicted molar refractivity (Wildman–Crippen MR) is 127 cm³/mol. The quantitative estimate of drug-likeness (QED) is 0.563. The second-order valence-electron chi connectivity index (χ2n) is 10.3. The highest BCUT2D eigenvalue weighted by Gasteiger charge is 2.55. The fourth-order valence-electron chi connectivity index (χ4n) is 5.24. The number of carbonyl (C=O) groups excluding carboxylic acids is 1. The van der Waals surface area contributed by atoms with E-state index in [0.717, 1.165) is 6.42 Å². The fourth-order valence-corrected chi connectivity index (χ4v) is 9.92. The van der Waals surface area contributed by atoms with Crippen LogP contribution in [0.2, 0.25) is 5.04 Å². The summed E-state index contributed by atoms with van der Waals surface area (Å²) < 4.78 is 12.9. The summed E-state index contributed by atoms with van der Waals surface area (Å²) in [7, 11) is -2.82. The molecule has 31 heavy (non-hydrogen) atoms. The Bertz CT molecular complexity index is 834. The van der Waals surface area contributed by atoms with Crippen molar-refractivity contribution >= 4 is 24.7 Å². The molecule has 3 rings (SSSR count). The van der Waals surface area contributed by atoms with Gasteiger partial charge in [0.1, 0.15) is 5.60 Å². The van der Waals surface area contributed by atoms with E-state index in [4.69, 9.17) is 9.16 Å². The molecule has 2 aromatic carbocycles. The molecule has 1 N–H and O–H groups in total. The van der Waals surface area contributed by atoms with Crippen molar-refractivity contribution in [2.24, 2.45) is 5.92 Å². The molecule has 0 spiro atoms. The van der Waals surface area contributed by atoms with Gasteiger partial charge < -0.3 is 14.3 Å². The van der Waals surface area contributed by atoms with Gasteiger partial charge in [-0.2, -0.15) is 0 Å². The lowest BCUT2D eigenvalue weighted by atomic mass is 9.76. The van der Waals surface area contributed by atoms with Gasteiger partial charge >= 0.3 is 5.97 Å². The average Bonchev–Trinajstić information content (AvgIpc) is 2.68. The molecule has 0 radical (unpaired) electrons. The minimum atomic E-state index is -2.82. The molecule has 0 aromatic heterocycles. The van der Waals surface area contributed by atoms with Gasteiger partial charge in [-0.3, -0.25) is 4.79 Å². The van der Waals surface area contributed by atoms with Gasteiger partial charge in [0.25, 0.3) is 8.32 Å². The van der Waals surface area contributed by atoms with Crippen LogP contribution in [0.4, 0.5) is 0 Å². The van der Waals surface area contributed by atoms with Gasteiger partial charge in [0.05, 0.1) is 6.10 Å². The molecule has 0 amide bonds. The molecule has 4 atom stereocenters. The zero-order valence-corrected chi connectivity index (χ0v) is 20.6. The third-order valence-corrected chi connectivity index (χ3v) is 11.4.